The number of hydrogen-bond acceptors (Lipinski definition) is 4. The van der Waals surface area contributed by atoms with Crippen molar-refractivity contribution in [3.05, 3.63) is 59.8 Å². The Morgan fingerprint density at radius 3 is 3.00 bits per heavy atom. The Kier molecular flexibility index (Phi) is 5.46. The molecule has 3 N–H and O–H groups in total. The van der Waals surface area contributed by atoms with Crippen LogP contribution in [0.5, 0.6) is 0 Å². The summed E-state index contributed by atoms with van der Waals surface area (Å²) < 4.78 is 3.29. The van der Waals surface area contributed by atoms with E-state index in [1.807, 2.05) is 24.3 Å². The summed E-state index contributed by atoms with van der Waals surface area (Å²) in [4.78, 5) is 12.0. The maximum absolute atomic E-state index is 10.9. The number of carbonyl (C=O) groups is 1. The van der Waals surface area contributed by atoms with Crippen molar-refractivity contribution in [1.29, 1.82) is 0 Å². The van der Waals surface area contributed by atoms with Gasteiger partial charge < -0.3 is 4.72 Å². The van der Waals surface area contributed by atoms with Crippen LogP contribution in [-0.2, 0) is 4.79 Å². The highest BCUT2D eigenvalue weighted by Gasteiger charge is 1.99. The molecule has 0 saturated carbocycles. The topological polar surface area (TPSA) is 61.4 Å². The second kappa shape index (κ2) is 7.57. The Hall–Kier alpha value is -1.98. The smallest absolute Gasteiger partial charge is 0.267 e. The van der Waals surface area contributed by atoms with E-state index in [0.717, 1.165) is 29.0 Å². The summed E-state index contributed by atoms with van der Waals surface area (Å²) in [5.74, 6) is -0.543. The van der Waals surface area contributed by atoms with Gasteiger partial charge in [-0.25, -0.2) is 5.48 Å². The number of hydroxylamine groups is 1. The summed E-state index contributed by atoms with van der Waals surface area (Å²) in [5, 5.41) is 8.42. The van der Waals surface area contributed by atoms with Crippen LogP contribution in [0.3, 0.4) is 0 Å². The summed E-state index contributed by atoms with van der Waals surface area (Å²) in [7, 11) is 0. The lowest BCUT2D eigenvalue weighted by molar-refractivity contribution is -0.124. The Morgan fingerprint density at radius 1 is 1.35 bits per heavy atom. The van der Waals surface area contributed by atoms with E-state index in [4.69, 9.17) is 5.21 Å². The molecule has 0 spiro atoms. The quantitative estimate of drug-likeness (QED) is 0.337. The van der Waals surface area contributed by atoms with E-state index in [-0.39, 0.29) is 0 Å². The average molecular weight is 288 g/mol. The van der Waals surface area contributed by atoms with E-state index in [9.17, 15) is 4.79 Å². The summed E-state index contributed by atoms with van der Waals surface area (Å²) >= 11 is 1.53. The minimum Gasteiger partial charge on any atom is -0.326 e. The second-order valence-electron chi connectivity index (χ2n) is 4.23. The fourth-order valence-electron chi connectivity index (χ4n) is 1.70. The molecule has 5 heteroatoms. The highest BCUT2D eigenvalue weighted by atomic mass is 32.2. The largest absolute Gasteiger partial charge is 0.326 e. The normalized spacial score (nSPS) is 14.2. The molecule has 1 aromatic carbocycles. The van der Waals surface area contributed by atoms with Gasteiger partial charge in [0, 0.05) is 16.7 Å². The van der Waals surface area contributed by atoms with Crippen molar-refractivity contribution in [2.24, 2.45) is 0 Å². The number of nitrogens with one attached hydrogen (secondary N) is 2. The summed E-state index contributed by atoms with van der Waals surface area (Å²) in [5.41, 5.74) is 3.57. The van der Waals surface area contributed by atoms with Gasteiger partial charge in [-0.05, 0) is 54.6 Å². The number of amides is 1. The first-order valence-electron chi connectivity index (χ1n) is 6.30. The molecule has 0 saturated heterocycles. The molecule has 104 valence electrons. The lowest BCUT2D eigenvalue weighted by Crippen LogP contribution is -2.14. The van der Waals surface area contributed by atoms with Crippen LogP contribution in [0.2, 0.25) is 0 Å². The van der Waals surface area contributed by atoms with E-state index in [2.05, 4.69) is 23.0 Å². The molecule has 2 rings (SSSR count). The van der Waals surface area contributed by atoms with Crippen molar-refractivity contribution in [3.63, 3.8) is 0 Å². The molecule has 0 aromatic heterocycles. The van der Waals surface area contributed by atoms with Gasteiger partial charge in [-0.3, -0.25) is 10.0 Å². The molecule has 0 heterocycles. The van der Waals surface area contributed by atoms with Gasteiger partial charge in [-0.15, -0.1) is 0 Å². The molecule has 0 bridgehead atoms. The molecule has 0 aliphatic heterocycles. The Labute approximate surface area is 122 Å². The van der Waals surface area contributed by atoms with Crippen molar-refractivity contribution in [1.82, 2.24) is 10.2 Å². The highest BCUT2D eigenvalue weighted by molar-refractivity contribution is 7.97. The predicted octanol–water partition coefficient (Wildman–Crippen LogP) is 3.04. The molecular formula is C15H16N2O2S. The van der Waals surface area contributed by atoms with Gasteiger partial charge in [0.15, 0.2) is 0 Å². The van der Waals surface area contributed by atoms with Gasteiger partial charge in [0.05, 0.1) is 0 Å². The van der Waals surface area contributed by atoms with Crippen LogP contribution in [0.15, 0.2) is 59.2 Å². The van der Waals surface area contributed by atoms with Crippen molar-refractivity contribution in [2.75, 3.05) is 0 Å². The molecule has 0 unspecified atom stereocenters. The van der Waals surface area contributed by atoms with Gasteiger partial charge in [0.1, 0.15) is 0 Å². The Morgan fingerprint density at radius 2 is 2.25 bits per heavy atom. The van der Waals surface area contributed by atoms with Crippen molar-refractivity contribution >= 4 is 23.9 Å². The molecule has 0 atom stereocenters. The van der Waals surface area contributed by atoms with E-state index in [1.165, 1.54) is 18.0 Å². The number of rotatable bonds is 5. The first kappa shape index (κ1) is 14.4. The molecule has 1 aliphatic carbocycles. The minimum absolute atomic E-state index is 0.543. The number of allylic oxidation sites excluding steroid dienone is 3. The molecular weight excluding hydrogens is 272 g/mol. The van der Waals surface area contributed by atoms with Crippen LogP contribution in [0.1, 0.15) is 18.4 Å². The molecule has 4 nitrogen and oxygen atoms in total. The number of hydrogen-bond donors (Lipinski definition) is 3. The van der Waals surface area contributed by atoms with Crippen LogP contribution >= 0.6 is 11.9 Å². The van der Waals surface area contributed by atoms with E-state index in [0.29, 0.717) is 0 Å². The van der Waals surface area contributed by atoms with Gasteiger partial charge in [0.25, 0.3) is 5.91 Å². The summed E-state index contributed by atoms with van der Waals surface area (Å²) in [6.45, 7) is 0. The van der Waals surface area contributed by atoms with Crippen LogP contribution in [-0.4, -0.2) is 11.1 Å². The molecule has 20 heavy (non-hydrogen) atoms. The van der Waals surface area contributed by atoms with Crippen molar-refractivity contribution in [2.45, 2.75) is 17.7 Å². The van der Waals surface area contributed by atoms with Crippen molar-refractivity contribution < 1.29 is 10.0 Å². The zero-order chi connectivity index (χ0) is 14.2. The van der Waals surface area contributed by atoms with E-state index in [1.54, 1.807) is 11.6 Å². The zero-order valence-corrected chi connectivity index (χ0v) is 11.7. The first-order valence-corrected chi connectivity index (χ1v) is 7.11. The van der Waals surface area contributed by atoms with Gasteiger partial charge >= 0.3 is 0 Å². The minimum atomic E-state index is -0.543. The predicted molar refractivity (Wildman–Crippen MR) is 80.9 cm³/mol. The van der Waals surface area contributed by atoms with Gasteiger partial charge in [-0.2, -0.15) is 0 Å². The SMILES string of the molecule is O=C(/C=C/c1cccc(SNC2=CCCC=C2)c1)NO. The molecule has 1 aromatic rings. The molecule has 1 amide bonds. The monoisotopic (exact) mass is 288 g/mol. The third-order valence-corrected chi connectivity index (χ3v) is 3.50. The molecule has 1 aliphatic rings. The van der Waals surface area contributed by atoms with Gasteiger partial charge in [0.2, 0.25) is 0 Å². The van der Waals surface area contributed by atoms with Crippen molar-refractivity contribution in [3.8, 4) is 0 Å². The van der Waals surface area contributed by atoms with E-state index >= 15 is 0 Å². The number of benzene rings is 1. The van der Waals surface area contributed by atoms with Crippen LogP contribution in [0.4, 0.5) is 0 Å². The van der Waals surface area contributed by atoms with E-state index < -0.39 is 5.91 Å². The Balaban J connectivity index is 1.95. The van der Waals surface area contributed by atoms with Crippen LogP contribution < -0.4 is 10.2 Å². The standard InChI is InChI=1S/C15H16N2O2S/c18-15(16-19)10-9-12-5-4-8-14(11-12)20-17-13-6-2-1-3-7-13/h2,4-11,17,19H,1,3H2,(H,16,18)/b10-9+. The number of carbonyl (C=O) groups excluding carboxylic acids is 1. The molecule has 0 fully saturated rings. The lowest BCUT2D eigenvalue weighted by atomic mass is 10.2. The first-order chi connectivity index (χ1) is 9.78. The maximum Gasteiger partial charge on any atom is 0.267 e. The summed E-state index contributed by atoms with van der Waals surface area (Å²) in [6, 6.07) is 7.77. The molecule has 0 radical (unpaired) electrons. The second-order valence-corrected chi connectivity index (χ2v) is 5.10. The van der Waals surface area contributed by atoms with Crippen LogP contribution in [0.25, 0.3) is 6.08 Å². The third-order valence-electron chi connectivity index (χ3n) is 2.68. The highest BCUT2D eigenvalue weighted by Crippen LogP contribution is 2.20. The fraction of sp³-hybridized carbons (Fsp3) is 0.133. The average Bonchev–Trinajstić information content (AvgIpc) is 2.52. The zero-order valence-electron chi connectivity index (χ0n) is 10.9. The summed E-state index contributed by atoms with van der Waals surface area (Å²) in [6.07, 6.45) is 11.5. The fourth-order valence-corrected chi connectivity index (χ4v) is 2.43. The van der Waals surface area contributed by atoms with Gasteiger partial charge in [-0.1, -0.05) is 24.3 Å². The Bertz CT molecular complexity index is 565. The van der Waals surface area contributed by atoms with Crippen LogP contribution in [0, 0.1) is 0 Å². The maximum atomic E-state index is 10.9. The third kappa shape index (κ3) is 4.60. The lowest BCUT2D eigenvalue weighted by Gasteiger charge is -2.09.